The van der Waals surface area contributed by atoms with Crippen molar-refractivity contribution in [2.24, 2.45) is 11.3 Å². The molecule has 0 amide bonds. The standard InChI is InChI=1S/C9H15BrO3/c1-6(5-7(2)11)9(3,4)8(12)13-10/h6H,5H2,1-4H3. The van der Waals surface area contributed by atoms with Gasteiger partial charge in [-0.25, -0.2) is 0 Å². The van der Waals surface area contributed by atoms with Crippen molar-refractivity contribution in [3.8, 4) is 0 Å². The maximum absolute atomic E-state index is 11.3. The highest BCUT2D eigenvalue weighted by molar-refractivity contribution is 9.06. The molecular formula is C9H15BrO3. The summed E-state index contributed by atoms with van der Waals surface area (Å²) >= 11 is 2.65. The molecule has 76 valence electrons. The molecule has 0 aliphatic rings. The van der Waals surface area contributed by atoms with Crippen LogP contribution < -0.4 is 0 Å². The minimum atomic E-state index is -0.630. The molecule has 0 spiro atoms. The van der Waals surface area contributed by atoms with E-state index in [0.717, 1.165) is 0 Å². The van der Waals surface area contributed by atoms with Crippen LogP contribution in [-0.4, -0.2) is 11.8 Å². The van der Waals surface area contributed by atoms with Crippen LogP contribution >= 0.6 is 16.3 Å². The highest BCUT2D eigenvalue weighted by atomic mass is 79.9. The average molecular weight is 251 g/mol. The van der Waals surface area contributed by atoms with E-state index in [1.54, 1.807) is 13.8 Å². The van der Waals surface area contributed by atoms with Crippen molar-refractivity contribution in [3.05, 3.63) is 0 Å². The van der Waals surface area contributed by atoms with Crippen LogP contribution in [0.2, 0.25) is 0 Å². The molecule has 0 aromatic heterocycles. The molecule has 0 heterocycles. The van der Waals surface area contributed by atoms with Gasteiger partial charge in [-0.2, -0.15) is 0 Å². The van der Waals surface area contributed by atoms with Crippen molar-refractivity contribution in [1.29, 1.82) is 0 Å². The van der Waals surface area contributed by atoms with Gasteiger partial charge < -0.3 is 8.62 Å². The lowest BCUT2D eigenvalue weighted by Gasteiger charge is -2.27. The van der Waals surface area contributed by atoms with E-state index in [9.17, 15) is 9.59 Å². The predicted octanol–water partition coefficient (Wildman–Crippen LogP) is 2.48. The number of rotatable bonds is 4. The van der Waals surface area contributed by atoms with E-state index < -0.39 is 5.41 Å². The summed E-state index contributed by atoms with van der Waals surface area (Å²) in [7, 11) is 0. The fraction of sp³-hybridized carbons (Fsp3) is 0.778. The average Bonchev–Trinajstić information content (AvgIpc) is 2.01. The summed E-state index contributed by atoms with van der Waals surface area (Å²) in [6.07, 6.45) is 0.398. The van der Waals surface area contributed by atoms with Crippen molar-refractivity contribution in [3.63, 3.8) is 0 Å². The lowest BCUT2D eigenvalue weighted by Crippen LogP contribution is -2.32. The molecule has 0 N–H and O–H groups in total. The maximum atomic E-state index is 11.3. The third-order valence-electron chi connectivity index (χ3n) is 2.42. The van der Waals surface area contributed by atoms with Crippen LogP contribution in [0.1, 0.15) is 34.1 Å². The summed E-state index contributed by atoms with van der Waals surface area (Å²) in [6, 6.07) is 0. The molecule has 0 aliphatic carbocycles. The first-order valence-electron chi connectivity index (χ1n) is 4.14. The molecule has 0 aromatic rings. The smallest absolute Gasteiger partial charge is 0.323 e. The van der Waals surface area contributed by atoms with E-state index >= 15 is 0 Å². The van der Waals surface area contributed by atoms with Gasteiger partial charge in [0.25, 0.3) is 0 Å². The second-order valence-corrected chi connectivity index (χ2v) is 4.22. The Morgan fingerprint density at radius 1 is 1.46 bits per heavy atom. The second kappa shape index (κ2) is 4.74. The predicted molar refractivity (Wildman–Crippen MR) is 53.3 cm³/mol. The second-order valence-electron chi connectivity index (χ2n) is 3.89. The Hall–Kier alpha value is -0.380. The lowest BCUT2D eigenvalue weighted by atomic mass is 9.77. The van der Waals surface area contributed by atoms with Gasteiger partial charge in [0.15, 0.2) is 16.3 Å². The first-order valence-corrected chi connectivity index (χ1v) is 4.79. The number of Topliss-reactive ketones (excluding diaryl/α,β-unsaturated/α-hetero) is 1. The minimum absolute atomic E-state index is 0.0185. The third-order valence-corrected chi connectivity index (χ3v) is 2.72. The van der Waals surface area contributed by atoms with Crippen molar-refractivity contribution in [2.75, 3.05) is 0 Å². The van der Waals surface area contributed by atoms with E-state index in [1.165, 1.54) is 6.92 Å². The fourth-order valence-corrected chi connectivity index (χ4v) is 1.40. The number of hydrogen-bond acceptors (Lipinski definition) is 3. The van der Waals surface area contributed by atoms with Crippen LogP contribution in [0.5, 0.6) is 0 Å². The zero-order valence-electron chi connectivity index (χ0n) is 8.39. The molecule has 0 rings (SSSR count). The van der Waals surface area contributed by atoms with E-state index in [4.69, 9.17) is 0 Å². The lowest BCUT2D eigenvalue weighted by molar-refractivity contribution is -0.145. The van der Waals surface area contributed by atoms with Gasteiger partial charge in [0.05, 0.1) is 5.41 Å². The molecule has 3 nitrogen and oxygen atoms in total. The summed E-state index contributed by atoms with van der Waals surface area (Å²) in [5.74, 6) is -0.278. The van der Waals surface area contributed by atoms with Crippen molar-refractivity contribution in [2.45, 2.75) is 34.1 Å². The molecule has 0 saturated heterocycles. The van der Waals surface area contributed by atoms with E-state index in [-0.39, 0.29) is 17.7 Å². The fourth-order valence-electron chi connectivity index (χ4n) is 0.987. The van der Waals surface area contributed by atoms with Crippen molar-refractivity contribution < 1.29 is 13.4 Å². The normalized spacial score (nSPS) is 13.6. The van der Waals surface area contributed by atoms with Gasteiger partial charge in [-0.05, 0) is 26.7 Å². The monoisotopic (exact) mass is 250 g/mol. The van der Waals surface area contributed by atoms with Gasteiger partial charge in [-0.15, -0.1) is 0 Å². The highest BCUT2D eigenvalue weighted by Crippen LogP contribution is 2.31. The molecule has 0 fully saturated rings. The SMILES string of the molecule is CC(=O)CC(C)C(C)(C)C(=O)OBr. The molecule has 0 aromatic carbocycles. The van der Waals surface area contributed by atoms with E-state index in [0.29, 0.717) is 6.42 Å². The van der Waals surface area contributed by atoms with Gasteiger partial charge in [-0.3, -0.25) is 4.79 Å². The molecule has 0 radical (unpaired) electrons. The van der Waals surface area contributed by atoms with Crippen LogP contribution in [0.15, 0.2) is 0 Å². The van der Waals surface area contributed by atoms with E-state index in [2.05, 4.69) is 20.1 Å². The molecule has 0 aliphatic heterocycles. The number of halogens is 1. The van der Waals surface area contributed by atoms with Crippen LogP contribution in [0.3, 0.4) is 0 Å². The molecule has 1 atom stereocenters. The molecular weight excluding hydrogens is 236 g/mol. The van der Waals surface area contributed by atoms with Crippen molar-refractivity contribution >= 4 is 28.0 Å². The first kappa shape index (κ1) is 12.6. The number of ketones is 1. The van der Waals surface area contributed by atoms with Gasteiger partial charge in [0, 0.05) is 6.42 Å². The zero-order chi connectivity index (χ0) is 10.6. The Kier molecular flexibility index (Phi) is 4.61. The molecule has 0 saturated carbocycles. The summed E-state index contributed by atoms with van der Waals surface area (Å²) < 4.78 is 4.48. The summed E-state index contributed by atoms with van der Waals surface area (Å²) in [5, 5.41) is 0. The molecule has 0 bridgehead atoms. The summed E-state index contributed by atoms with van der Waals surface area (Å²) in [4.78, 5) is 22.1. The largest absolute Gasteiger partial charge is 0.383 e. The molecule has 13 heavy (non-hydrogen) atoms. The minimum Gasteiger partial charge on any atom is -0.383 e. The first-order chi connectivity index (χ1) is 5.82. The van der Waals surface area contributed by atoms with Crippen LogP contribution in [-0.2, 0) is 13.4 Å². The zero-order valence-corrected chi connectivity index (χ0v) is 9.97. The third kappa shape index (κ3) is 3.46. The van der Waals surface area contributed by atoms with Gasteiger partial charge >= 0.3 is 5.97 Å². The van der Waals surface area contributed by atoms with Crippen LogP contribution in [0.4, 0.5) is 0 Å². The summed E-state index contributed by atoms with van der Waals surface area (Å²) in [6.45, 7) is 6.92. The Morgan fingerprint density at radius 2 is 1.92 bits per heavy atom. The molecule has 1 unspecified atom stereocenters. The van der Waals surface area contributed by atoms with Gasteiger partial charge in [0.2, 0.25) is 0 Å². The number of carbonyl (C=O) groups excluding carboxylic acids is 2. The van der Waals surface area contributed by atoms with Gasteiger partial charge in [-0.1, -0.05) is 6.92 Å². The Labute approximate surface area is 87.3 Å². The Balaban J connectivity index is 4.43. The molecule has 4 heteroatoms. The Morgan fingerprint density at radius 3 is 2.23 bits per heavy atom. The highest BCUT2D eigenvalue weighted by Gasteiger charge is 2.35. The number of carbonyl (C=O) groups is 2. The Bertz CT molecular complexity index is 211. The van der Waals surface area contributed by atoms with Gasteiger partial charge in [0.1, 0.15) is 5.78 Å². The van der Waals surface area contributed by atoms with Crippen LogP contribution in [0.25, 0.3) is 0 Å². The van der Waals surface area contributed by atoms with E-state index in [1.807, 2.05) is 6.92 Å². The quantitative estimate of drug-likeness (QED) is 0.770. The van der Waals surface area contributed by atoms with Crippen LogP contribution in [0, 0.1) is 11.3 Å². The number of hydrogen-bond donors (Lipinski definition) is 0. The summed E-state index contributed by atoms with van der Waals surface area (Å²) in [5.41, 5.74) is -0.630. The maximum Gasteiger partial charge on any atom is 0.323 e. The van der Waals surface area contributed by atoms with Crippen molar-refractivity contribution in [1.82, 2.24) is 0 Å². The topological polar surface area (TPSA) is 43.4 Å².